The maximum Gasteiger partial charge on any atom is 0.341 e. The number of thiophene rings is 1. The van der Waals surface area contributed by atoms with Crippen molar-refractivity contribution in [1.82, 2.24) is 10.4 Å². The standard InChI is InChI=1S/C11H18N2O3S/c1-8-7-10(9(2)17-8)3-4-13(5-6-14)11(15)12-16/h7,14,16H,3-6H2,1-2H3,(H,12,15). The van der Waals surface area contributed by atoms with Crippen LogP contribution in [0.2, 0.25) is 0 Å². The molecule has 1 aromatic heterocycles. The minimum Gasteiger partial charge on any atom is -0.395 e. The van der Waals surface area contributed by atoms with Crippen LogP contribution in [0.25, 0.3) is 0 Å². The van der Waals surface area contributed by atoms with Crippen molar-refractivity contribution in [3.05, 3.63) is 21.4 Å². The van der Waals surface area contributed by atoms with E-state index >= 15 is 0 Å². The molecule has 5 nitrogen and oxygen atoms in total. The van der Waals surface area contributed by atoms with Gasteiger partial charge in [-0.05, 0) is 31.9 Å². The maximum atomic E-state index is 11.3. The fraction of sp³-hybridized carbons (Fsp3) is 0.545. The summed E-state index contributed by atoms with van der Waals surface area (Å²) in [5.74, 6) is 0. The van der Waals surface area contributed by atoms with Gasteiger partial charge in [0.05, 0.1) is 6.61 Å². The topological polar surface area (TPSA) is 72.8 Å². The van der Waals surface area contributed by atoms with Crippen molar-refractivity contribution in [3.63, 3.8) is 0 Å². The Morgan fingerprint density at radius 1 is 1.47 bits per heavy atom. The monoisotopic (exact) mass is 258 g/mol. The van der Waals surface area contributed by atoms with E-state index in [-0.39, 0.29) is 13.2 Å². The predicted octanol–water partition coefficient (Wildman–Crippen LogP) is 1.30. The molecule has 96 valence electrons. The molecule has 1 rings (SSSR count). The van der Waals surface area contributed by atoms with Gasteiger partial charge >= 0.3 is 6.03 Å². The Kier molecular flexibility index (Phi) is 5.40. The Morgan fingerprint density at radius 2 is 2.18 bits per heavy atom. The van der Waals surface area contributed by atoms with Crippen LogP contribution in [-0.2, 0) is 6.42 Å². The number of aliphatic hydroxyl groups is 1. The van der Waals surface area contributed by atoms with Gasteiger partial charge in [0.1, 0.15) is 0 Å². The van der Waals surface area contributed by atoms with Crippen LogP contribution in [0.15, 0.2) is 6.07 Å². The molecule has 1 aromatic rings. The molecule has 0 aliphatic rings. The average Bonchev–Trinajstić information content (AvgIpc) is 2.62. The van der Waals surface area contributed by atoms with Crippen molar-refractivity contribution >= 4 is 17.4 Å². The minimum absolute atomic E-state index is 0.116. The van der Waals surface area contributed by atoms with Gasteiger partial charge in [-0.15, -0.1) is 11.3 Å². The first-order valence-corrected chi connectivity index (χ1v) is 6.26. The summed E-state index contributed by atoms with van der Waals surface area (Å²) < 4.78 is 0. The van der Waals surface area contributed by atoms with E-state index < -0.39 is 6.03 Å². The maximum absolute atomic E-state index is 11.3. The number of aliphatic hydroxyl groups excluding tert-OH is 1. The van der Waals surface area contributed by atoms with Crippen LogP contribution < -0.4 is 5.48 Å². The molecule has 0 unspecified atom stereocenters. The Balaban J connectivity index is 2.57. The van der Waals surface area contributed by atoms with Crippen LogP contribution in [0.5, 0.6) is 0 Å². The van der Waals surface area contributed by atoms with E-state index in [2.05, 4.69) is 13.0 Å². The molecule has 0 saturated carbocycles. The van der Waals surface area contributed by atoms with Gasteiger partial charge in [0.2, 0.25) is 0 Å². The first kappa shape index (κ1) is 14.0. The molecule has 1 heterocycles. The first-order valence-electron chi connectivity index (χ1n) is 5.44. The zero-order valence-corrected chi connectivity index (χ0v) is 10.9. The predicted molar refractivity (Wildman–Crippen MR) is 66.5 cm³/mol. The third kappa shape index (κ3) is 3.99. The molecule has 0 aliphatic carbocycles. The lowest BCUT2D eigenvalue weighted by atomic mass is 10.2. The lowest BCUT2D eigenvalue weighted by molar-refractivity contribution is 0.121. The number of hydroxylamine groups is 1. The summed E-state index contributed by atoms with van der Waals surface area (Å²) in [6.07, 6.45) is 0.726. The molecule has 0 aliphatic heterocycles. The lowest BCUT2D eigenvalue weighted by Crippen LogP contribution is -2.41. The molecule has 3 N–H and O–H groups in total. The van der Waals surface area contributed by atoms with Gasteiger partial charge in [0.15, 0.2) is 0 Å². The van der Waals surface area contributed by atoms with E-state index in [9.17, 15) is 4.79 Å². The molecule has 0 atom stereocenters. The molecule has 0 saturated heterocycles. The second-order valence-corrected chi connectivity index (χ2v) is 5.28. The van der Waals surface area contributed by atoms with Crippen LogP contribution in [0.4, 0.5) is 4.79 Å². The highest BCUT2D eigenvalue weighted by Gasteiger charge is 2.12. The van der Waals surface area contributed by atoms with E-state index in [0.717, 1.165) is 6.42 Å². The summed E-state index contributed by atoms with van der Waals surface area (Å²) >= 11 is 1.73. The highest BCUT2D eigenvalue weighted by Crippen LogP contribution is 2.21. The number of nitrogens with zero attached hydrogens (tertiary/aromatic N) is 1. The Morgan fingerprint density at radius 3 is 2.65 bits per heavy atom. The minimum atomic E-state index is -0.580. The number of hydrogen-bond donors (Lipinski definition) is 3. The number of amides is 2. The van der Waals surface area contributed by atoms with Gasteiger partial charge in [0.25, 0.3) is 0 Å². The smallest absolute Gasteiger partial charge is 0.341 e. The van der Waals surface area contributed by atoms with Gasteiger partial charge in [-0.2, -0.15) is 0 Å². The quantitative estimate of drug-likeness (QED) is 0.550. The molecule has 0 fully saturated rings. The largest absolute Gasteiger partial charge is 0.395 e. The Hall–Kier alpha value is -1.11. The third-order valence-electron chi connectivity index (χ3n) is 2.55. The zero-order valence-electron chi connectivity index (χ0n) is 10.1. The van der Waals surface area contributed by atoms with Gasteiger partial charge in [-0.3, -0.25) is 5.21 Å². The van der Waals surface area contributed by atoms with Crippen LogP contribution in [0.1, 0.15) is 15.3 Å². The van der Waals surface area contributed by atoms with Crippen molar-refractivity contribution in [2.24, 2.45) is 0 Å². The van der Waals surface area contributed by atoms with Crippen LogP contribution >= 0.6 is 11.3 Å². The highest BCUT2D eigenvalue weighted by molar-refractivity contribution is 7.12. The van der Waals surface area contributed by atoms with Gasteiger partial charge < -0.3 is 10.0 Å². The number of urea groups is 1. The Labute approximate surface area is 105 Å². The van der Waals surface area contributed by atoms with Crippen molar-refractivity contribution in [2.75, 3.05) is 19.7 Å². The van der Waals surface area contributed by atoms with E-state index in [1.165, 1.54) is 20.2 Å². The Bertz CT molecular complexity index is 379. The molecular formula is C11H18N2O3S. The number of rotatable bonds is 5. The summed E-state index contributed by atoms with van der Waals surface area (Å²) in [4.78, 5) is 15.1. The molecule has 17 heavy (non-hydrogen) atoms. The average molecular weight is 258 g/mol. The normalized spacial score (nSPS) is 10.4. The number of hydrogen-bond acceptors (Lipinski definition) is 4. The van der Waals surface area contributed by atoms with Crippen LogP contribution in [0, 0.1) is 13.8 Å². The molecule has 2 amide bonds. The highest BCUT2D eigenvalue weighted by atomic mass is 32.1. The summed E-state index contributed by atoms with van der Waals surface area (Å²) in [7, 11) is 0. The summed E-state index contributed by atoms with van der Waals surface area (Å²) in [5, 5.41) is 17.4. The summed E-state index contributed by atoms with van der Waals surface area (Å²) in [6, 6.07) is 1.53. The molecule has 0 radical (unpaired) electrons. The second-order valence-electron chi connectivity index (χ2n) is 3.82. The molecular weight excluding hydrogens is 240 g/mol. The van der Waals surface area contributed by atoms with Crippen molar-refractivity contribution < 1.29 is 15.1 Å². The summed E-state index contributed by atoms with van der Waals surface area (Å²) in [5.41, 5.74) is 2.79. The molecule has 0 bridgehead atoms. The van der Waals surface area contributed by atoms with Gasteiger partial charge in [-0.25, -0.2) is 10.3 Å². The lowest BCUT2D eigenvalue weighted by Gasteiger charge is -2.20. The van der Waals surface area contributed by atoms with E-state index in [1.54, 1.807) is 16.8 Å². The fourth-order valence-electron chi connectivity index (χ4n) is 1.69. The van der Waals surface area contributed by atoms with Crippen LogP contribution in [-0.4, -0.2) is 40.9 Å². The van der Waals surface area contributed by atoms with Gasteiger partial charge in [-0.1, -0.05) is 0 Å². The third-order valence-corrected chi connectivity index (χ3v) is 3.56. The zero-order chi connectivity index (χ0) is 12.8. The van der Waals surface area contributed by atoms with E-state index in [4.69, 9.17) is 10.3 Å². The number of aryl methyl sites for hydroxylation is 2. The van der Waals surface area contributed by atoms with E-state index in [1.807, 2.05) is 6.92 Å². The molecule has 6 heteroatoms. The van der Waals surface area contributed by atoms with Crippen molar-refractivity contribution in [3.8, 4) is 0 Å². The number of nitrogens with one attached hydrogen (secondary N) is 1. The molecule has 0 spiro atoms. The number of carbonyl (C=O) groups is 1. The van der Waals surface area contributed by atoms with Gasteiger partial charge in [0, 0.05) is 22.8 Å². The van der Waals surface area contributed by atoms with E-state index in [0.29, 0.717) is 6.54 Å². The number of carbonyl (C=O) groups excluding carboxylic acids is 1. The van der Waals surface area contributed by atoms with Crippen molar-refractivity contribution in [1.29, 1.82) is 0 Å². The fourth-order valence-corrected chi connectivity index (χ4v) is 2.67. The second kappa shape index (κ2) is 6.58. The first-order chi connectivity index (χ1) is 8.08. The summed E-state index contributed by atoms with van der Waals surface area (Å²) in [6.45, 7) is 4.68. The van der Waals surface area contributed by atoms with Crippen LogP contribution in [0.3, 0.4) is 0 Å². The molecule has 0 aromatic carbocycles. The SMILES string of the molecule is Cc1cc(CCN(CCO)C(=O)NO)c(C)s1. The van der Waals surface area contributed by atoms with Crippen molar-refractivity contribution in [2.45, 2.75) is 20.3 Å².